The van der Waals surface area contributed by atoms with Crippen LogP contribution in [0.4, 0.5) is 0 Å². The number of likely N-dealkylation sites (tertiary alicyclic amines) is 1. The standard InChI is InChI=1S/C10H19NO5/c1-10(14,9(12)13)6-11-4-7(15-2)8(5-11)16-3/h7-8,14H,4-6H2,1-3H3,(H,12,13). The van der Waals surface area contributed by atoms with Gasteiger partial charge in [-0.05, 0) is 6.92 Å². The maximum Gasteiger partial charge on any atom is 0.336 e. The number of β-amino-alcohol motifs (C(OH)–C–C–N with tert-alkyl or cyclic N) is 1. The molecule has 0 bridgehead atoms. The van der Waals surface area contributed by atoms with Gasteiger partial charge in [-0.15, -0.1) is 0 Å². The monoisotopic (exact) mass is 233 g/mol. The summed E-state index contributed by atoms with van der Waals surface area (Å²) in [6.07, 6.45) is -0.149. The summed E-state index contributed by atoms with van der Waals surface area (Å²) in [5.74, 6) is -1.22. The van der Waals surface area contributed by atoms with Crippen LogP contribution in [0.5, 0.6) is 0 Å². The third-order valence-electron chi connectivity index (χ3n) is 2.89. The zero-order valence-corrected chi connectivity index (χ0v) is 9.84. The van der Waals surface area contributed by atoms with Crippen LogP contribution in [0.15, 0.2) is 0 Å². The van der Waals surface area contributed by atoms with Gasteiger partial charge in [0.15, 0.2) is 5.60 Å². The van der Waals surface area contributed by atoms with Gasteiger partial charge in [0.2, 0.25) is 0 Å². The third-order valence-corrected chi connectivity index (χ3v) is 2.89. The molecule has 1 saturated heterocycles. The third kappa shape index (κ3) is 2.91. The van der Waals surface area contributed by atoms with Gasteiger partial charge in [-0.25, -0.2) is 4.79 Å². The molecule has 0 aromatic rings. The van der Waals surface area contributed by atoms with Crippen LogP contribution in [-0.4, -0.2) is 72.7 Å². The van der Waals surface area contributed by atoms with Crippen LogP contribution in [0.1, 0.15) is 6.92 Å². The van der Waals surface area contributed by atoms with E-state index in [1.165, 1.54) is 6.92 Å². The highest BCUT2D eigenvalue weighted by Gasteiger charge is 2.39. The fourth-order valence-corrected chi connectivity index (χ4v) is 1.90. The smallest absolute Gasteiger partial charge is 0.336 e. The molecule has 3 atom stereocenters. The number of aliphatic hydroxyl groups is 1. The van der Waals surface area contributed by atoms with E-state index >= 15 is 0 Å². The summed E-state index contributed by atoms with van der Waals surface area (Å²) >= 11 is 0. The molecule has 0 aromatic heterocycles. The molecule has 94 valence electrons. The number of aliphatic carboxylic acids is 1. The van der Waals surface area contributed by atoms with Crippen molar-refractivity contribution in [1.29, 1.82) is 0 Å². The fraction of sp³-hybridized carbons (Fsp3) is 0.900. The van der Waals surface area contributed by atoms with Crippen LogP contribution in [0.2, 0.25) is 0 Å². The lowest BCUT2D eigenvalue weighted by Crippen LogP contribution is -2.46. The number of carboxylic acid groups (broad SMARTS) is 1. The predicted molar refractivity (Wildman–Crippen MR) is 56.3 cm³/mol. The minimum absolute atomic E-state index is 0.0715. The van der Waals surface area contributed by atoms with Crippen LogP contribution < -0.4 is 0 Å². The Hall–Kier alpha value is -0.690. The van der Waals surface area contributed by atoms with Gasteiger partial charge in [-0.1, -0.05) is 0 Å². The van der Waals surface area contributed by atoms with E-state index in [2.05, 4.69) is 0 Å². The van der Waals surface area contributed by atoms with E-state index in [0.29, 0.717) is 13.1 Å². The van der Waals surface area contributed by atoms with Gasteiger partial charge in [-0.2, -0.15) is 0 Å². The molecule has 2 N–H and O–H groups in total. The average Bonchev–Trinajstić information content (AvgIpc) is 2.59. The zero-order chi connectivity index (χ0) is 12.3. The van der Waals surface area contributed by atoms with E-state index < -0.39 is 11.6 Å². The highest BCUT2D eigenvalue weighted by Crippen LogP contribution is 2.18. The first kappa shape index (κ1) is 13.4. The lowest BCUT2D eigenvalue weighted by atomic mass is 10.1. The Labute approximate surface area is 94.8 Å². The summed E-state index contributed by atoms with van der Waals surface area (Å²) in [4.78, 5) is 12.6. The van der Waals surface area contributed by atoms with Crippen molar-refractivity contribution in [3.8, 4) is 0 Å². The van der Waals surface area contributed by atoms with E-state index in [1.807, 2.05) is 4.90 Å². The quantitative estimate of drug-likeness (QED) is 0.645. The van der Waals surface area contributed by atoms with Crippen molar-refractivity contribution in [3.63, 3.8) is 0 Å². The molecule has 6 nitrogen and oxygen atoms in total. The number of hydrogen-bond acceptors (Lipinski definition) is 5. The van der Waals surface area contributed by atoms with Gasteiger partial charge >= 0.3 is 5.97 Å². The topological polar surface area (TPSA) is 79.2 Å². The Balaban J connectivity index is 2.55. The number of hydrogen-bond donors (Lipinski definition) is 2. The normalized spacial score (nSPS) is 30.2. The summed E-state index contributed by atoms with van der Waals surface area (Å²) in [7, 11) is 3.19. The highest BCUT2D eigenvalue weighted by molar-refractivity contribution is 5.76. The molecule has 0 aliphatic carbocycles. The zero-order valence-electron chi connectivity index (χ0n) is 9.84. The molecule has 0 spiro atoms. The second-order valence-electron chi connectivity index (χ2n) is 4.32. The van der Waals surface area contributed by atoms with Gasteiger partial charge in [0, 0.05) is 33.9 Å². The van der Waals surface area contributed by atoms with Crippen molar-refractivity contribution in [2.45, 2.75) is 24.7 Å². The Bertz CT molecular complexity index is 244. The molecule has 6 heteroatoms. The molecule has 1 fully saturated rings. The summed E-state index contributed by atoms with van der Waals surface area (Å²) in [5.41, 5.74) is -1.74. The number of ether oxygens (including phenoxy) is 2. The summed E-state index contributed by atoms with van der Waals surface area (Å²) < 4.78 is 10.4. The highest BCUT2D eigenvalue weighted by atomic mass is 16.5. The minimum atomic E-state index is -1.74. The van der Waals surface area contributed by atoms with Crippen molar-refractivity contribution >= 4 is 5.97 Å². The van der Waals surface area contributed by atoms with Gasteiger partial charge in [-0.3, -0.25) is 4.90 Å². The second-order valence-corrected chi connectivity index (χ2v) is 4.32. The van der Waals surface area contributed by atoms with Gasteiger partial charge < -0.3 is 19.7 Å². The maximum atomic E-state index is 10.8. The van der Waals surface area contributed by atoms with Crippen LogP contribution >= 0.6 is 0 Å². The van der Waals surface area contributed by atoms with E-state index in [9.17, 15) is 9.90 Å². The SMILES string of the molecule is COC1CN(CC(C)(O)C(=O)O)CC1OC. The van der Waals surface area contributed by atoms with Crippen LogP contribution in [0, 0.1) is 0 Å². The van der Waals surface area contributed by atoms with Crippen molar-refractivity contribution in [2.24, 2.45) is 0 Å². The first-order valence-electron chi connectivity index (χ1n) is 5.14. The molecular formula is C10H19NO5. The van der Waals surface area contributed by atoms with Crippen molar-refractivity contribution in [3.05, 3.63) is 0 Å². The first-order valence-corrected chi connectivity index (χ1v) is 5.14. The molecule has 3 unspecified atom stereocenters. The summed E-state index contributed by atoms with van der Waals surface area (Å²) in [6, 6.07) is 0. The number of rotatable bonds is 5. The molecule has 1 rings (SSSR count). The van der Waals surface area contributed by atoms with Gasteiger partial charge in [0.05, 0.1) is 12.2 Å². The van der Waals surface area contributed by atoms with E-state index in [-0.39, 0.29) is 18.8 Å². The maximum absolute atomic E-state index is 10.8. The van der Waals surface area contributed by atoms with Gasteiger partial charge in [0.25, 0.3) is 0 Å². The minimum Gasteiger partial charge on any atom is -0.479 e. The van der Waals surface area contributed by atoms with Crippen LogP contribution in [0.25, 0.3) is 0 Å². The largest absolute Gasteiger partial charge is 0.479 e. The fourth-order valence-electron chi connectivity index (χ4n) is 1.90. The van der Waals surface area contributed by atoms with E-state index in [0.717, 1.165) is 0 Å². The van der Waals surface area contributed by atoms with Crippen LogP contribution in [-0.2, 0) is 14.3 Å². The molecule has 1 aliphatic rings. The Morgan fingerprint density at radius 1 is 1.38 bits per heavy atom. The summed E-state index contributed by atoms with van der Waals surface area (Å²) in [5, 5.41) is 18.5. The summed E-state index contributed by atoms with van der Waals surface area (Å²) in [6.45, 7) is 2.50. The number of nitrogens with zero attached hydrogens (tertiary/aromatic N) is 1. The number of carboxylic acids is 1. The number of carbonyl (C=O) groups is 1. The molecule has 1 aliphatic heterocycles. The van der Waals surface area contributed by atoms with Gasteiger partial charge in [0.1, 0.15) is 0 Å². The predicted octanol–water partition coefficient (Wildman–Crippen LogP) is -0.832. The van der Waals surface area contributed by atoms with Crippen LogP contribution in [0.3, 0.4) is 0 Å². The second kappa shape index (κ2) is 5.09. The van der Waals surface area contributed by atoms with E-state index in [4.69, 9.17) is 14.6 Å². The molecule has 0 radical (unpaired) electrons. The lowest BCUT2D eigenvalue weighted by Gasteiger charge is -2.24. The molecule has 0 amide bonds. The molecular weight excluding hydrogens is 214 g/mol. The van der Waals surface area contributed by atoms with Crippen molar-refractivity contribution in [1.82, 2.24) is 4.90 Å². The molecule has 0 saturated carbocycles. The average molecular weight is 233 g/mol. The molecule has 1 heterocycles. The molecule has 16 heavy (non-hydrogen) atoms. The van der Waals surface area contributed by atoms with Crippen molar-refractivity contribution < 1.29 is 24.5 Å². The Kier molecular flexibility index (Phi) is 4.26. The Morgan fingerprint density at radius 2 is 1.81 bits per heavy atom. The van der Waals surface area contributed by atoms with E-state index in [1.54, 1.807) is 14.2 Å². The Morgan fingerprint density at radius 3 is 2.12 bits per heavy atom. The van der Waals surface area contributed by atoms with Crippen molar-refractivity contribution in [2.75, 3.05) is 33.9 Å². The molecule has 0 aromatic carbocycles. The lowest BCUT2D eigenvalue weighted by molar-refractivity contribution is -0.158. The number of methoxy groups -OCH3 is 2. The first-order chi connectivity index (χ1) is 7.40.